The normalized spacial score (nSPS) is 11.8. The second kappa shape index (κ2) is 10.3. The van der Waals surface area contributed by atoms with E-state index in [1.54, 1.807) is 0 Å². The van der Waals surface area contributed by atoms with E-state index in [9.17, 15) is 0 Å². The maximum Gasteiger partial charge on any atom is 0.136 e. The van der Waals surface area contributed by atoms with Crippen LogP contribution in [0.25, 0.3) is 74.8 Å². The molecule has 2 heterocycles. The van der Waals surface area contributed by atoms with Crippen molar-refractivity contribution in [1.29, 1.82) is 0 Å². The molecule has 0 spiro atoms. The summed E-state index contributed by atoms with van der Waals surface area (Å²) in [7, 11) is 0. The smallest absolute Gasteiger partial charge is 0.136 e. The van der Waals surface area contributed by atoms with Gasteiger partial charge in [-0.2, -0.15) is 0 Å². The van der Waals surface area contributed by atoms with Crippen LogP contribution in [0.15, 0.2) is 168 Å². The molecule has 220 valence electrons. The third kappa shape index (κ3) is 4.17. The molecule has 0 amide bonds. The summed E-state index contributed by atoms with van der Waals surface area (Å²) in [5.41, 5.74) is 7.63. The van der Waals surface area contributed by atoms with Crippen molar-refractivity contribution in [1.82, 2.24) is 0 Å². The van der Waals surface area contributed by atoms with Crippen LogP contribution in [0.2, 0.25) is 0 Å². The van der Waals surface area contributed by atoms with E-state index in [0.717, 1.165) is 39.0 Å². The fourth-order valence-electron chi connectivity index (χ4n) is 7.22. The molecule has 0 aliphatic carbocycles. The molecule has 0 saturated heterocycles. The first-order valence-electron chi connectivity index (χ1n) is 15.9. The van der Waals surface area contributed by atoms with E-state index in [0.29, 0.717) is 0 Å². The monoisotopic (exact) mass is 617 g/mol. The largest absolute Gasteiger partial charge is 0.456 e. The molecule has 0 N–H and O–H groups in total. The van der Waals surface area contributed by atoms with Crippen molar-refractivity contribution < 1.29 is 4.42 Å². The summed E-state index contributed by atoms with van der Waals surface area (Å²) < 4.78 is 8.86. The summed E-state index contributed by atoms with van der Waals surface area (Å²) in [5.74, 6) is 0. The van der Waals surface area contributed by atoms with Gasteiger partial charge in [-0.3, -0.25) is 0 Å². The minimum absolute atomic E-state index is 0.920. The number of benzene rings is 8. The highest BCUT2D eigenvalue weighted by Gasteiger charge is 2.19. The number of fused-ring (bicyclic) bond motifs is 9. The fraction of sp³-hybridized carbons (Fsp3) is 0. The Balaban J connectivity index is 1.24. The number of nitrogens with zero attached hydrogens (tertiary/aromatic N) is 1. The molecule has 0 unspecified atom stereocenters. The molecule has 8 aromatic carbocycles. The van der Waals surface area contributed by atoms with Crippen molar-refractivity contribution in [3.8, 4) is 11.1 Å². The zero-order valence-electron chi connectivity index (χ0n) is 25.4. The maximum atomic E-state index is 6.25. The highest BCUT2D eigenvalue weighted by molar-refractivity contribution is 7.25. The fourth-order valence-corrected chi connectivity index (χ4v) is 8.31. The Labute approximate surface area is 275 Å². The maximum absolute atomic E-state index is 6.25. The van der Waals surface area contributed by atoms with Gasteiger partial charge in [0, 0.05) is 47.7 Å². The zero-order chi connectivity index (χ0) is 30.9. The average molecular weight is 618 g/mol. The van der Waals surface area contributed by atoms with Crippen molar-refractivity contribution in [2.24, 2.45) is 0 Å². The van der Waals surface area contributed by atoms with E-state index in [2.05, 4.69) is 157 Å². The van der Waals surface area contributed by atoms with E-state index < -0.39 is 0 Å². The van der Waals surface area contributed by atoms with Crippen molar-refractivity contribution in [3.05, 3.63) is 164 Å². The van der Waals surface area contributed by atoms with Crippen LogP contribution >= 0.6 is 11.3 Å². The molecule has 10 rings (SSSR count). The van der Waals surface area contributed by atoms with Gasteiger partial charge in [0.25, 0.3) is 0 Å². The van der Waals surface area contributed by atoms with Gasteiger partial charge in [-0.15, -0.1) is 11.3 Å². The molecule has 0 aliphatic rings. The molecule has 3 heteroatoms. The van der Waals surface area contributed by atoms with Gasteiger partial charge in [0.05, 0.1) is 5.69 Å². The van der Waals surface area contributed by atoms with Crippen molar-refractivity contribution in [3.63, 3.8) is 0 Å². The van der Waals surface area contributed by atoms with Gasteiger partial charge in [0.1, 0.15) is 11.2 Å². The summed E-state index contributed by atoms with van der Waals surface area (Å²) >= 11 is 1.85. The van der Waals surface area contributed by atoms with Gasteiger partial charge in [0.2, 0.25) is 0 Å². The van der Waals surface area contributed by atoms with Gasteiger partial charge >= 0.3 is 0 Å². The van der Waals surface area contributed by atoms with Gasteiger partial charge in [-0.25, -0.2) is 0 Å². The highest BCUT2D eigenvalue weighted by atomic mass is 32.1. The summed E-state index contributed by atoms with van der Waals surface area (Å²) in [6.45, 7) is 0. The van der Waals surface area contributed by atoms with Crippen molar-refractivity contribution in [2.45, 2.75) is 0 Å². The highest BCUT2D eigenvalue weighted by Crippen LogP contribution is 2.45. The van der Waals surface area contributed by atoms with Crippen LogP contribution in [-0.2, 0) is 0 Å². The second-order valence-electron chi connectivity index (χ2n) is 12.1. The van der Waals surface area contributed by atoms with Crippen LogP contribution in [-0.4, -0.2) is 0 Å². The molecule has 47 heavy (non-hydrogen) atoms. The van der Waals surface area contributed by atoms with Crippen LogP contribution < -0.4 is 4.90 Å². The van der Waals surface area contributed by atoms with Gasteiger partial charge in [-0.05, 0) is 87.9 Å². The van der Waals surface area contributed by atoms with Crippen LogP contribution in [0.3, 0.4) is 0 Å². The van der Waals surface area contributed by atoms with E-state index in [1.807, 2.05) is 23.5 Å². The number of hydrogen-bond donors (Lipinski definition) is 0. The number of anilines is 3. The molecular formula is C44H27NOS. The zero-order valence-corrected chi connectivity index (χ0v) is 26.2. The number of thiophene rings is 1. The molecule has 0 bridgehead atoms. The third-order valence-corrected chi connectivity index (χ3v) is 10.6. The Hall–Kier alpha value is -5.90. The summed E-state index contributed by atoms with van der Waals surface area (Å²) in [6, 6.07) is 59.2. The molecule has 0 fully saturated rings. The Kier molecular flexibility index (Phi) is 5.78. The van der Waals surface area contributed by atoms with Crippen molar-refractivity contribution >= 4 is 92.1 Å². The number of hydrogen-bond acceptors (Lipinski definition) is 3. The van der Waals surface area contributed by atoms with E-state index in [4.69, 9.17) is 4.42 Å². The quantitative estimate of drug-likeness (QED) is 0.183. The molecular weight excluding hydrogens is 591 g/mol. The van der Waals surface area contributed by atoms with E-state index in [-0.39, 0.29) is 0 Å². The van der Waals surface area contributed by atoms with Crippen molar-refractivity contribution in [2.75, 3.05) is 4.90 Å². The molecule has 0 radical (unpaired) electrons. The predicted molar refractivity (Wildman–Crippen MR) is 202 cm³/mol. The first-order chi connectivity index (χ1) is 23.3. The standard InChI is InChI=1S/C44H27NOS/c1-2-10-28(11-3-1)29-12-8-13-31(24-29)45(32-21-23-44-39(26-32)36-15-5-7-19-43(36)47-44)40-17-9-16-33-34(40)22-20-30-25-42-38(27-37(30)33)35-14-4-6-18-41(35)46-42/h1-27H. The lowest BCUT2D eigenvalue weighted by Gasteiger charge is -2.28. The van der Waals surface area contributed by atoms with Gasteiger partial charge < -0.3 is 9.32 Å². The molecule has 0 saturated carbocycles. The Bertz CT molecular complexity index is 2810. The summed E-state index contributed by atoms with van der Waals surface area (Å²) in [5, 5.41) is 9.69. The average Bonchev–Trinajstić information content (AvgIpc) is 3.69. The topological polar surface area (TPSA) is 16.4 Å². The van der Waals surface area contributed by atoms with Crippen LogP contribution in [0.4, 0.5) is 17.1 Å². The number of rotatable bonds is 4. The lowest BCUT2D eigenvalue weighted by Crippen LogP contribution is -2.10. The van der Waals surface area contributed by atoms with Gasteiger partial charge in [-0.1, -0.05) is 103 Å². The van der Waals surface area contributed by atoms with E-state index >= 15 is 0 Å². The minimum atomic E-state index is 0.920. The predicted octanol–water partition coefficient (Wildman–Crippen LogP) is 13.4. The number of para-hydroxylation sites is 1. The first kappa shape index (κ1) is 26.3. The van der Waals surface area contributed by atoms with Crippen LogP contribution in [0.1, 0.15) is 0 Å². The molecule has 2 nitrogen and oxygen atoms in total. The van der Waals surface area contributed by atoms with E-state index in [1.165, 1.54) is 52.8 Å². The Morgan fingerprint density at radius 2 is 1.13 bits per heavy atom. The Morgan fingerprint density at radius 1 is 0.383 bits per heavy atom. The third-order valence-electron chi connectivity index (χ3n) is 9.42. The molecule has 2 aromatic heterocycles. The summed E-state index contributed by atoms with van der Waals surface area (Å²) in [4.78, 5) is 2.43. The van der Waals surface area contributed by atoms with Crippen LogP contribution in [0, 0.1) is 0 Å². The first-order valence-corrected chi connectivity index (χ1v) is 16.7. The molecule has 10 aromatic rings. The van der Waals surface area contributed by atoms with Gasteiger partial charge in [0.15, 0.2) is 0 Å². The SMILES string of the molecule is c1ccc(-c2cccc(N(c3ccc4sc5ccccc5c4c3)c3cccc4c3ccc3cc5oc6ccccc6c5cc34)c2)cc1. The van der Waals surface area contributed by atoms with Crippen LogP contribution in [0.5, 0.6) is 0 Å². The summed E-state index contributed by atoms with van der Waals surface area (Å²) in [6.07, 6.45) is 0. The minimum Gasteiger partial charge on any atom is -0.456 e. The second-order valence-corrected chi connectivity index (χ2v) is 13.2. The lowest BCUT2D eigenvalue weighted by atomic mass is 9.97. The molecule has 0 atom stereocenters. The Morgan fingerprint density at radius 3 is 2.06 bits per heavy atom. The number of furan rings is 1. The lowest BCUT2D eigenvalue weighted by molar-refractivity contribution is 0.669. The molecule has 0 aliphatic heterocycles.